The summed E-state index contributed by atoms with van der Waals surface area (Å²) in [5.74, 6) is 0.374. The maximum atomic E-state index is 12.7. The van der Waals surface area contributed by atoms with Crippen LogP contribution in [-0.4, -0.2) is 38.9 Å². The Morgan fingerprint density at radius 2 is 1.59 bits per heavy atom. The lowest BCUT2D eigenvalue weighted by atomic mass is 10.2. The number of urea groups is 1. The average molecular weight is 545 g/mol. The van der Waals surface area contributed by atoms with Gasteiger partial charge in [-0.25, -0.2) is 13.9 Å². The Hall–Kier alpha value is -4.09. The van der Waals surface area contributed by atoms with Crippen LogP contribution < -0.4 is 29.7 Å². The van der Waals surface area contributed by atoms with Gasteiger partial charge in [-0.15, -0.1) is 0 Å². The molecule has 0 atom stereocenters. The second-order valence-corrected chi connectivity index (χ2v) is 8.16. The number of rotatable bonds is 8. The Labute approximate surface area is 224 Å². The summed E-state index contributed by atoms with van der Waals surface area (Å²) < 4.78 is 16.4. The van der Waals surface area contributed by atoms with Crippen LogP contribution in [0, 0.1) is 0 Å². The molecule has 0 aromatic heterocycles. The second kappa shape index (κ2) is 12.7. The van der Waals surface area contributed by atoms with Gasteiger partial charge in [0.15, 0.2) is 0 Å². The van der Waals surface area contributed by atoms with E-state index < -0.39 is 12.1 Å². The molecule has 0 aliphatic carbocycles. The highest BCUT2D eigenvalue weighted by atomic mass is 35.5. The highest BCUT2D eigenvalue weighted by Crippen LogP contribution is 2.36. The van der Waals surface area contributed by atoms with Crippen molar-refractivity contribution in [1.82, 2.24) is 0 Å². The minimum atomic E-state index is -0.607. The minimum Gasteiger partial charge on any atom is -0.495 e. The van der Waals surface area contributed by atoms with Gasteiger partial charge in [0.05, 0.1) is 37.2 Å². The number of thiol groups is 1. The van der Waals surface area contributed by atoms with E-state index in [2.05, 4.69) is 28.8 Å². The van der Waals surface area contributed by atoms with Crippen molar-refractivity contribution in [3.05, 3.63) is 71.2 Å². The number of nitrogens with zero attached hydrogens (tertiary/aromatic N) is 1. The predicted molar refractivity (Wildman–Crippen MR) is 147 cm³/mol. The van der Waals surface area contributed by atoms with Crippen LogP contribution in [0.4, 0.5) is 32.3 Å². The van der Waals surface area contributed by atoms with Crippen LogP contribution in [0.1, 0.15) is 17.3 Å². The van der Waals surface area contributed by atoms with Crippen molar-refractivity contribution >= 4 is 65.2 Å². The van der Waals surface area contributed by atoms with Crippen molar-refractivity contribution in [3.63, 3.8) is 0 Å². The van der Waals surface area contributed by atoms with Gasteiger partial charge in [-0.1, -0.05) is 30.5 Å². The van der Waals surface area contributed by atoms with Crippen LogP contribution in [-0.2, 0) is 4.74 Å². The Balaban J connectivity index is 1.65. The molecular weight excluding hydrogens is 520 g/mol. The van der Waals surface area contributed by atoms with E-state index in [9.17, 15) is 14.4 Å². The first-order chi connectivity index (χ1) is 17.7. The summed E-state index contributed by atoms with van der Waals surface area (Å²) in [4.78, 5) is 37.0. The summed E-state index contributed by atoms with van der Waals surface area (Å²) in [5.41, 5.74) is 2.02. The molecule has 3 N–H and O–H groups in total. The van der Waals surface area contributed by atoms with Gasteiger partial charge in [-0.05, 0) is 55.5 Å². The van der Waals surface area contributed by atoms with Crippen molar-refractivity contribution in [2.45, 2.75) is 6.92 Å². The van der Waals surface area contributed by atoms with Gasteiger partial charge in [0.2, 0.25) is 0 Å². The molecule has 0 spiro atoms. The monoisotopic (exact) mass is 544 g/mol. The van der Waals surface area contributed by atoms with Gasteiger partial charge in [0, 0.05) is 23.0 Å². The molecule has 3 aromatic carbocycles. The van der Waals surface area contributed by atoms with E-state index in [0.717, 1.165) is 4.31 Å². The number of carbonyl (C=O) groups excluding carboxylic acids is 3. The number of amides is 4. The van der Waals surface area contributed by atoms with E-state index in [1.54, 1.807) is 55.5 Å². The lowest BCUT2D eigenvalue weighted by molar-refractivity contribution is 0.102. The average Bonchev–Trinajstić information content (AvgIpc) is 2.89. The van der Waals surface area contributed by atoms with Crippen molar-refractivity contribution < 1.29 is 28.6 Å². The summed E-state index contributed by atoms with van der Waals surface area (Å²) in [6.07, 6.45) is -0.607. The van der Waals surface area contributed by atoms with E-state index in [1.165, 1.54) is 26.4 Å². The number of hydrogen-bond donors (Lipinski definition) is 4. The molecule has 0 heterocycles. The van der Waals surface area contributed by atoms with E-state index in [4.69, 9.17) is 25.8 Å². The number of nitrogens with one attached hydrogen (secondary N) is 3. The molecule has 0 unspecified atom stereocenters. The van der Waals surface area contributed by atoms with Crippen molar-refractivity contribution in [3.8, 4) is 11.5 Å². The number of methoxy groups -OCH3 is 2. The number of carbonyl (C=O) groups is 3. The van der Waals surface area contributed by atoms with Crippen LogP contribution in [0.15, 0.2) is 60.7 Å². The molecule has 0 saturated carbocycles. The molecule has 10 nitrogen and oxygen atoms in total. The normalized spacial score (nSPS) is 10.2. The molecule has 4 amide bonds. The number of ether oxygens (including phenoxy) is 3. The Bertz CT molecular complexity index is 1290. The number of halogens is 1. The molecule has 3 aromatic rings. The zero-order valence-electron chi connectivity index (χ0n) is 20.2. The molecule has 0 saturated heterocycles. The summed E-state index contributed by atoms with van der Waals surface area (Å²) in [6.45, 7) is 1.93. The fourth-order valence-corrected chi connectivity index (χ4v) is 3.58. The van der Waals surface area contributed by atoms with Crippen LogP contribution in [0.25, 0.3) is 0 Å². The third-order valence-corrected chi connectivity index (χ3v) is 5.63. The van der Waals surface area contributed by atoms with Crippen LogP contribution in [0.5, 0.6) is 11.5 Å². The number of hydrogen-bond acceptors (Lipinski definition) is 7. The van der Waals surface area contributed by atoms with Crippen molar-refractivity contribution in [2.24, 2.45) is 0 Å². The van der Waals surface area contributed by atoms with Gasteiger partial charge in [0.1, 0.15) is 11.5 Å². The highest BCUT2D eigenvalue weighted by Gasteiger charge is 2.17. The minimum absolute atomic E-state index is 0.234. The second-order valence-electron chi connectivity index (χ2n) is 7.36. The Morgan fingerprint density at radius 1 is 0.892 bits per heavy atom. The molecule has 37 heavy (non-hydrogen) atoms. The molecule has 12 heteroatoms. The SMILES string of the molecule is CCOC(=O)Nc1cccc(C(=O)Nc2ccc(N(S)C(=O)Nc3cc(Cl)c(OC)cc3OC)cc2)c1. The highest BCUT2D eigenvalue weighted by molar-refractivity contribution is 7.82. The molecule has 0 aliphatic rings. The van der Waals surface area contributed by atoms with E-state index in [-0.39, 0.29) is 12.5 Å². The molecule has 194 valence electrons. The first-order valence-electron chi connectivity index (χ1n) is 10.9. The number of anilines is 4. The molecular formula is C25H25ClN4O6S. The van der Waals surface area contributed by atoms with E-state index in [0.29, 0.717) is 44.8 Å². The fraction of sp³-hybridized carbons (Fsp3) is 0.160. The van der Waals surface area contributed by atoms with Gasteiger partial charge >= 0.3 is 12.1 Å². The van der Waals surface area contributed by atoms with E-state index >= 15 is 0 Å². The lowest BCUT2D eigenvalue weighted by Gasteiger charge is -2.19. The third-order valence-electron chi connectivity index (χ3n) is 4.92. The standard InChI is InChI=1S/C25H25ClN4O6S/c1-4-36-25(33)28-17-7-5-6-15(12-17)23(31)27-16-8-10-18(11-9-16)30(37)24(32)29-20-13-19(26)21(34-2)14-22(20)35-3/h5-14,37H,4H2,1-3H3,(H,27,31)(H,28,33)(H,29,32). The topological polar surface area (TPSA) is 118 Å². The lowest BCUT2D eigenvalue weighted by Crippen LogP contribution is -2.27. The fourth-order valence-electron chi connectivity index (χ4n) is 3.16. The maximum Gasteiger partial charge on any atom is 0.411 e. The van der Waals surface area contributed by atoms with Crippen molar-refractivity contribution in [2.75, 3.05) is 41.1 Å². The van der Waals surface area contributed by atoms with Gasteiger partial charge in [-0.2, -0.15) is 0 Å². The first-order valence-corrected chi connectivity index (χ1v) is 11.7. The zero-order valence-corrected chi connectivity index (χ0v) is 21.9. The van der Waals surface area contributed by atoms with Gasteiger partial charge in [-0.3, -0.25) is 10.1 Å². The summed E-state index contributed by atoms with van der Waals surface area (Å²) in [5, 5.41) is 8.29. The smallest absolute Gasteiger partial charge is 0.411 e. The van der Waals surface area contributed by atoms with Crippen LogP contribution >= 0.6 is 24.4 Å². The quantitative estimate of drug-likeness (QED) is 0.256. The zero-order chi connectivity index (χ0) is 26.9. The predicted octanol–water partition coefficient (Wildman–Crippen LogP) is 6.06. The molecule has 0 radical (unpaired) electrons. The van der Waals surface area contributed by atoms with Gasteiger partial charge in [0.25, 0.3) is 5.91 Å². The number of benzene rings is 3. The molecule has 0 aliphatic heterocycles. The summed E-state index contributed by atoms with van der Waals surface area (Å²) in [6, 6.07) is 15.4. The maximum absolute atomic E-state index is 12.7. The molecule has 3 rings (SSSR count). The van der Waals surface area contributed by atoms with Gasteiger partial charge < -0.3 is 24.8 Å². The molecule has 0 fully saturated rings. The summed E-state index contributed by atoms with van der Waals surface area (Å²) in [7, 11) is 2.93. The first kappa shape index (κ1) is 27.5. The van der Waals surface area contributed by atoms with Crippen molar-refractivity contribution in [1.29, 1.82) is 0 Å². The largest absolute Gasteiger partial charge is 0.495 e. The van der Waals surface area contributed by atoms with Crippen LogP contribution in [0.3, 0.4) is 0 Å². The van der Waals surface area contributed by atoms with E-state index in [1.807, 2.05) is 0 Å². The third kappa shape index (κ3) is 7.21. The van der Waals surface area contributed by atoms with Crippen LogP contribution in [0.2, 0.25) is 5.02 Å². The Kier molecular flexibility index (Phi) is 9.47. The Morgan fingerprint density at radius 3 is 2.24 bits per heavy atom. The summed E-state index contributed by atoms with van der Waals surface area (Å²) >= 11 is 10.4. The molecule has 0 bridgehead atoms.